The Morgan fingerprint density at radius 2 is 2.29 bits per heavy atom. The maximum absolute atomic E-state index is 11.7. The van der Waals surface area contributed by atoms with Crippen LogP contribution in [0.1, 0.15) is 18.4 Å². The molecule has 1 aromatic carbocycles. The van der Waals surface area contributed by atoms with Crippen LogP contribution in [0.3, 0.4) is 0 Å². The number of anilines is 1. The Hall–Kier alpha value is -1.54. The molecule has 0 bridgehead atoms. The van der Waals surface area contributed by atoms with Crippen molar-refractivity contribution < 1.29 is 9.53 Å². The van der Waals surface area contributed by atoms with E-state index in [1.165, 1.54) is 7.11 Å². The van der Waals surface area contributed by atoms with E-state index in [2.05, 4.69) is 22.0 Å². The maximum Gasteiger partial charge on any atom is 0.414 e. The quantitative estimate of drug-likeness (QED) is 0.842. The zero-order chi connectivity index (χ0) is 12.4. The van der Waals surface area contributed by atoms with Crippen LogP contribution in [0.2, 0.25) is 0 Å². The molecular formula is C12H11BrN2O2. The molecule has 0 unspecified atom stereocenters. The first kappa shape index (κ1) is 11.9. The van der Waals surface area contributed by atoms with Crippen molar-refractivity contribution in [3.05, 3.63) is 28.2 Å². The molecule has 0 aliphatic heterocycles. The van der Waals surface area contributed by atoms with Crippen LogP contribution >= 0.6 is 15.9 Å². The first-order chi connectivity index (χ1) is 8.17. The molecule has 0 atom stereocenters. The minimum Gasteiger partial charge on any atom is -0.452 e. The van der Waals surface area contributed by atoms with Crippen molar-refractivity contribution >= 4 is 27.7 Å². The van der Waals surface area contributed by atoms with Gasteiger partial charge in [-0.1, -0.05) is 0 Å². The number of amides is 1. The van der Waals surface area contributed by atoms with Crippen molar-refractivity contribution in [2.45, 2.75) is 18.9 Å². The molecule has 0 N–H and O–H groups in total. The molecule has 1 aromatic rings. The van der Waals surface area contributed by atoms with Gasteiger partial charge in [-0.15, -0.1) is 0 Å². The number of hydrogen-bond donors (Lipinski definition) is 0. The molecular weight excluding hydrogens is 284 g/mol. The number of benzene rings is 1. The van der Waals surface area contributed by atoms with Crippen molar-refractivity contribution in [1.29, 1.82) is 5.26 Å². The lowest BCUT2D eigenvalue weighted by Crippen LogP contribution is -2.33. The summed E-state index contributed by atoms with van der Waals surface area (Å²) >= 11 is 3.38. The van der Waals surface area contributed by atoms with Gasteiger partial charge in [0, 0.05) is 10.5 Å². The van der Waals surface area contributed by atoms with Crippen LogP contribution in [0.5, 0.6) is 0 Å². The standard InChI is InChI=1S/C12H11BrN2O2/c1-17-12(16)15(9-3-4-9)11-5-2-8(7-14)6-10(11)13/h2,5-6,9H,3-4H2,1H3. The van der Waals surface area contributed by atoms with Crippen molar-refractivity contribution in [3.63, 3.8) is 0 Å². The maximum atomic E-state index is 11.7. The van der Waals surface area contributed by atoms with Crippen LogP contribution < -0.4 is 4.90 Å². The summed E-state index contributed by atoms with van der Waals surface area (Å²) in [6.07, 6.45) is 1.61. The third-order valence-electron chi connectivity index (χ3n) is 2.62. The van der Waals surface area contributed by atoms with Gasteiger partial charge < -0.3 is 4.74 Å². The van der Waals surface area contributed by atoms with E-state index >= 15 is 0 Å². The number of methoxy groups -OCH3 is 1. The fraction of sp³-hybridized carbons (Fsp3) is 0.333. The smallest absolute Gasteiger partial charge is 0.414 e. The number of rotatable bonds is 2. The van der Waals surface area contributed by atoms with Crippen molar-refractivity contribution in [1.82, 2.24) is 0 Å². The van der Waals surface area contributed by atoms with Crippen LogP contribution in [-0.4, -0.2) is 19.2 Å². The molecule has 0 spiro atoms. The van der Waals surface area contributed by atoms with E-state index in [-0.39, 0.29) is 12.1 Å². The first-order valence-electron chi connectivity index (χ1n) is 5.24. The SMILES string of the molecule is COC(=O)N(c1ccc(C#N)cc1Br)C1CC1. The van der Waals surface area contributed by atoms with Crippen LogP contribution in [-0.2, 0) is 4.74 Å². The van der Waals surface area contributed by atoms with Gasteiger partial charge in [0.15, 0.2) is 0 Å². The summed E-state index contributed by atoms with van der Waals surface area (Å²) in [6, 6.07) is 7.43. The van der Waals surface area contributed by atoms with Crippen molar-refractivity contribution in [2.24, 2.45) is 0 Å². The molecule has 1 aliphatic carbocycles. The second-order valence-corrected chi connectivity index (χ2v) is 4.70. The molecule has 1 aliphatic rings. The van der Waals surface area contributed by atoms with Crippen LogP contribution in [0.25, 0.3) is 0 Å². The summed E-state index contributed by atoms with van der Waals surface area (Å²) in [6.45, 7) is 0. The van der Waals surface area contributed by atoms with Crippen LogP contribution in [0.4, 0.5) is 10.5 Å². The van der Waals surface area contributed by atoms with Gasteiger partial charge in [-0.05, 0) is 47.0 Å². The van der Waals surface area contributed by atoms with Crippen LogP contribution in [0, 0.1) is 11.3 Å². The van der Waals surface area contributed by atoms with Crippen molar-refractivity contribution in [3.8, 4) is 6.07 Å². The fourth-order valence-electron chi connectivity index (χ4n) is 1.65. The van der Waals surface area contributed by atoms with E-state index in [9.17, 15) is 4.79 Å². The molecule has 4 nitrogen and oxygen atoms in total. The molecule has 0 aromatic heterocycles. The van der Waals surface area contributed by atoms with E-state index < -0.39 is 0 Å². The Labute approximate surface area is 108 Å². The number of carbonyl (C=O) groups excluding carboxylic acids is 1. The molecule has 17 heavy (non-hydrogen) atoms. The van der Waals surface area contributed by atoms with E-state index in [0.717, 1.165) is 23.0 Å². The van der Waals surface area contributed by atoms with Gasteiger partial charge in [0.2, 0.25) is 0 Å². The van der Waals surface area contributed by atoms with Gasteiger partial charge in [0.05, 0.1) is 24.4 Å². The monoisotopic (exact) mass is 294 g/mol. The second-order valence-electron chi connectivity index (χ2n) is 3.85. The second kappa shape index (κ2) is 4.76. The van der Waals surface area contributed by atoms with Crippen LogP contribution in [0.15, 0.2) is 22.7 Å². The number of halogens is 1. The van der Waals surface area contributed by atoms with E-state index in [4.69, 9.17) is 10.00 Å². The summed E-state index contributed by atoms with van der Waals surface area (Å²) < 4.78 is 5.51. The highest BCUT2D eigenvalue weighted by Gasteiger charge is 2.35. The normalized spacial score (nSPS) is 13.9. The molecule has 1 fully saturated rings. The first-order valence-corrected chi connectivity index (χ1v) is 6.03. The predicted molar refractivity (Wildman–Crippen MR) is 66.8 cm³/mol. The lowest BCUT2D eigenvalue weighted by Gasteiger charge is -2.22. The topological polar surface area (TPSA) is 53.3 Å². The summed E-state index contributed by atoms with van der Waals surface area (Å²) in [5.41, 5.74) is 1.31. The lowest BCUT2D eigenvalue weighted by molar-refractivity contribution is 0.178. The number of nitrogens with zero attached hydrogens (tertiary/aromatic N) is 2. The average molecular weight is 295 g/mol. The Kier molecular flexibility index (Phi) is 3.34. The van der Waals surface area contributed by atoms with Gasteiger partial charge >= 0.3 is 6.09 Å². The minimum absolute atomic E-state index is 0.215. The molecule has 0 saturated heterocycles. The molecule has 1 amide bonds. The van der Waals surface area contributed by atoms with E-state index in [1.807, 2.05) is 0 Å². The molecule has 1 saturated carbocycles. The third-order valence-corrected chi connectivity index (χ3v) is 3.25. The minimum atomic E-state index is -0.363. The van der Waals surface area contributed by atoms with Gasteiger partial charge in [-0.2, -0.15) is 5.26 Å². The summed E-state index contributed by atoms with van der Waals surface area (Å²) in [5, 5.41) is 8.79. The largest absolute Gasteiger partial charge is 0.452 e. The van der Waals surface area contributed by atoms with Gasteiger partial charge in [0.25, 0.3) is 0 Å². The highest BCUT2D eigenvalue weighted by atomic mass is 79.9. The molecule has 88 valence electrons. The Morgan fingerprint density at radius 3 is 2.76 bits per heavy atom. The third kappa shape index (κ3) is 2.42. The average Bonchev–Trinajstić information content (AvgIpc) is 3.15. The summed E-state index contributed by atoms with van der Waals surface area (Å²) in [7, 11) is 1.37. The zero-order valence-electron chi connectivity index (χ0n) is 9.31. The van der Waals surface area contributed by atoms with E-state index in [0.29, 0.717) is 5.56 Å². The molecule has 5 heteroatoms. The highest BCUT2D eigenvalue weighted by Crippen LogP contribution is 2.36. The molecule has 0 heterocycles. The van der Waals surface area contributed by atoms with Gasteiger partial charge in [-0.3, -0.25) is 4.90 Å². The molecule has 2 rings (SSSR count). The zero-order valence-corrected chi connectivity index (χ0v) is 10.9. The Bertz CT molecular complexity index is 492. The van der Waals surface area contributed by atoms with E-state index in [1.54, 1.807) is 23.1 Å². The number of hydrogen-bond acceptors (Lipinski definition) is 3. The van der Waals surface area contributed by atoms with Crippen molar-refractivity contribution in [2.75, 3.05) is 12.0 Å². The summed E-state index contributed by atoms with van der Waals surface area (Å²) in [4.78, 5) is 13.3. The van der Waals surface area contributed by atoms with Gasteiger partial charge in [-0.25, -0.2) is 4.79 Å². The fourth-order valence-corrected chi connectivity index (χ4v) is 2.22. The van der Waals surface area contributed by atoms with Gasteiger partial charge in [0.1, 0.15) is 0 Å². The summed E-state index contributed by atoms with van der Waals surface area (Å²) in [5.74, 6) is 0. The predicted octanol–water partition coefficient (Wildman–Crippen LogP) is 3.06. The number of nitriles is 1. The molecule has 0 radical (unpaired) electrons. The highest BCUT2D eigenvalue weighted by molar-refractivity contribution is 9.10. The Morgan fingerprint density at radius 1 is 1.59 bits per heavy atom. The number of carbonyl (C=O) groups is 1. The number of ether oxygens (including phenoxy) is 1. The Balaban J connectivity index is 2.36. The lowest BCUT2D eigenvalue weighted by atomic mass is 10.2.